The predicted molar refractivity (Wildman–Crippen MR) is 49.1 cm³/mol. The number of thiazole rings is 1. The van der Waals surface area contributed by atoms with Crippen LogP contribution in [-0.2, 0) is 12.0 Å². The predicted octanol–water partition coefficient (Wildman–Crippen LogP) is 2.44. The van der Waals surface area contributed by atoms with Crippen LogP contribution in [-0.4, -0.2) is 11.2 Å². The van der Waals surface area contributed by atoms with Crippen molar-refractivity contribution in [3.63, 3.8) is 0 Å². The quantitative estimate of drug-likeness (QED) is 0.838. The summed E-state index contributed by atoms with van der Waals surface area (Å²) in [5.41, 5.74) is 2.75. The molecule has 0 aliphatic rings. The van der Waals surface area contributed by atoms with Crippen LogP contribution in [0.25, 0.3) is 0 Å². The molecule has 0 aliphatic heterocycles. The Balaban J connectivity index is 3.04. The highest BCUT2D eigenvalue weighted by Crippen LogP contribution is 2.36. The molecule has 1 atom stereocenters. The van der Waals surface area contributed by atoms with E-state index in [9.17, 15) is 13.2 Å². The summed E-state index contributed by atoms with van der Waals surface area (Å²) >= 11 is 1.20. The molecule has 0 radical (unpaired) electrons. The number of halogens is 3. The molecule has 1 rings (SSSR count). The zero-order valence-electron chi connectivity index (χ0n) is 7.85. The molecule has 0 aliphatic carbocycles. The summed E-state index contributed by atoms with van der Waals surface area (Å²) < 4.78 is 37.4. The Labute approximate surface area is 84.0 Å². The molecule has 2 N–H and O–H groups in total. The minimum atomic E-state index is -4.47. The van der Waals surface area contributed by atoms with Crippen molar-refractivity contribution >= 4 is 11.3 Å². The van der Waals surface area contributed by atoms with Crippen LogP contribution in [0.3, 0.4) is 0 Å². The summed E-state index contributed by atoms with van der Waals surface area (Å²) in [6.45, 7) is 2.77. The molecule has 0 aromatic carbocycles. The number of nitrogens with zero attached hydrogens (tertiary/aromatic N) is 1. The number of aromatic nitrogens is 1. The number of hydrogen-bond acceptors (Lipinski definition) is 3. The molecule has 1 heterocycles. The van der Waals surface area contributed by atoms with Crippen LogP contribution in [0.2, 0.25) is 0 Å². The number of nitrogens with two attached hydrogens (primary N) is 1. The first-order valence-corrected chi connectivity index (χ1v) is 4.97. The Morgan fingerprint density at radius 1 is 1.50 bits per heavy atom. The van der Waals surface area contributed by atoms with Crippen LogP contribution in [0.4, 0.5) is 13.2 Å². The van der Waals surface area contributed by atoms with Crippen molar-refractivity contribution in [2.75, 3.05) is 0 Å². The standard InChI is InChI=1S/C8H11F3N2S/c1-3-6-13-5(4-14-6)7(2,12)8(9,10)11/h4H,3,12H2,1-2H3. The van der Waals surface area contributed by atoms with Crippen LogP contribution in [0.15, 0.2) is 5.38 Å². The van der Waals surface area contributed by atoms with E-state index in [-0.39, 0.29) is 5.69 Å². The fourth-order valence-corrected chi connectivity index (χ4v) is 1.72. The molecule has 0 saturated heterocycles. The zero-order chi connectivity index (χ0) is 11.0. The van der Waals surface area contributed by atoms with E-state index in [0.29, 0.717) is 11.4 Å². The molecule has 1 unspecified atom stereocenters. The third-order valence-corrected chi connectivity index (χ3v) is 2.97. The largest absolute Gasteiger partial charge is 0.411 e. The number of rotatable bonds is 2. The smallest absolute Gasteiger partial charge is 0.313 e. The highest BCUT2D eigenvalue weighted by atomic mass is 32.1. The Bertz CT molecular complexity index is 317. The van der Waals surface area contributed by atoms with Crippen molar-refractivity contribution in [1.29, 1.82) is 0 Å². The normalized spacial score (nSPS) is 16.7. The van der Waals surface area contributed by atoms with Gasteiger partial charge >= 0.3 is 6.18 Å². The third-order valence-electron chi connectivity index (χ3n) is 1.98. The van der Waals surface area contributed by atoms with E-state index in [1.165, 1.54) is 16.7 Å². The van der Waals surface area contributed by atoms with Crippen molar-refractivity contribution in [3.8, 4) is 0 Å². The molecule has 0 amide bonds. The molecule has 1 aromatic heterocycles. The third kappa shape index (κ3) is 1.90. The van der Waals surface area contributed by atoms with Crippen molar-refractivity contribution in [3.05, 3.63) is 16.1 Å². The van der Waals surface area contributed by atoms with E-state index in [1.54, 1.807) is 0 Å². The van der Waals surface area contributed by atoms with E-state index in [2.05, 4.69) is 4.98 Å². The van der Waals surface area contributed by atoms with E-state index in [4.69, 9.17) is 5.73 Å². The van der Waals surface area contributed by atoms with Gasteiger partial charge in [0.1, 0.15) is 0 Å². The van der Waals surface area contributed by atoms with Crippen molar-refractivity contribution in [2.24, 2.45) is 5.73 Å². The first kappa shape index (κ1) is 11.5. The number of alkyl halides is 3. The van der Waals surface area contributed by atoms with Crippen molar-refractivity contribution in [2.45, 2.75) is 32.0 Å². The second kappa shape index (κ2) is 3.51. The second-order valence-electron chi connectivity index (χ2n) is 3.18. The van der Waals surface area contributed by atoms with Gasteiger partial charge in [-0.2, -0.15) is 13.2 Å². The number of hydrogen-bond donors (Lipinski definition) is 1. The van der Waals surface area contributed by atoms with Gasteiger partial charge in [-0.25, -0.2) is 4.98 Å². The van der Waals surface area contributed by atoms with Gasteiger partial charge in [0.2, 0.25) is 0 Å². The lowest BCUT2D eigenvalue weighted by atomic mass is 10.00. The molecule has 80 valence electrons. The summed E-state index contributed by atoms with van der Waals surface area (Å²) in [7, 11) is 0. The lowest BCUT2D eigenvalue weighted by Crippen LogP contribution is -2.47. The van der Waals surface area contributed by atoms with Crippen LogP contribution in [0.1, 0.15) is 24.5 Å². The SMILES string of the molecule is CCc1nc(C(C)(N)C(F)(F)F)cs1. The van der Waals surface area contributed by atoms with Gasteiger partial charge in [0, 0.05) is 5.38 Å². The summed E-state index contributed by atoms with van der Waals surface area (Å²) in [5.74, 6) is 0. The Morgan fingerprint density at radius 2 is 2.07 bits per heavy atom. The molecule has 0 bridgehead atoms. The highest BCUT2D eigenvalue weighted by molar-refractivity contribution is 7.09. The van der Waals surface area contributed by atoms with Crippen molar-refractivity contribution < 1.29 is 13.2 Å². The van der Waals surface area contributed by atoms with Gasteiger partial charge in [-0.1, -0.05) is 6.92 Å². The van der Waals surface area contributed by atoms with E-state index < -0.39 is 11.7 Å². The van der Waals surface area contributed by atoms with Gasteiger partial charge < -0.3 is 5.73 Å². The minimum Gasteiger partial charge on any atom is -0.313 e. The molecule has 6 heteroatoms. The van der Waals surface area contributed by atoms with Crippen LogP contribution >= 0.6 is 11.3 Å². The average Bonchev–Trinajstić information content (AvgIpc) is 2.49. The summed E-state index contributed by atoms with van der Waals surface area (Å²) in [6.07, 6.45) is -3.84. The minimum absolute atomic E-state index is 0.105. The average molecular weight is 224 g/mol. The molecule has 14 heavy (non-hydrogen) atoms. The number of aryl methyl sites for hydroxylation is 1. The topological polar surface area (TPSA) is 38.9 Å². The monoisotopic (exact) mass is 224 g/mol. The molecule has 0 fully saturated rings. The van der Waals surface area contributed by atoms with E-state index >= 15 is 0 Å². The Morgan fingerprint density at radius 3 is 2.43 bits per heavy atom. The summed E-state index contributed by atoms with van der Waals surface area (Å²) in [4.78, 5) is 3.84. The molecule has 2 nitrogen and oxygen atoms in total. The van der Waals surface area contributed by atoms with E-state index in [0.717, 1.165) is 6.92 Å². The van der Waals surface area contributed by atoms with Crippen LogP contribution in [0.5, 0.6) is 0 Å². The lowest BCUT2D eigenvalue weighted by molar-refractivity contribution is -0.185. The van der Waals surface area contributed by atoms with Gasteiger partial charge in [0.25, 0.3) is 0 Å². The molecule has 0 saturated carbocycles. The first-order chi connectivity index (χ1) is 6.29. The maximum atomic E-state index is 12.5. The lowest BCUT2D eigenvalue weighted by Gasteiger charge is -2.25. The first-order valence-electron chi connectivity index (χ1n) is 4.09. The van der Waals surface area contributed by atoms with Gasteiger partial charge in [-0.05, 0) is 13.3 Å². The molecule has 0 spiro atoms. The van der Waals surface area contributed by atoms with Crippen molar-refractivity contribution in [1.82, 2.24) is 4.98 Å². The van der Waals surface area contributed by atoms with Gasteiger partial charge in [0.05, 0.1) is 10.7 Å². The maximum absolute atomic E-state index is 12.5. The summed E-state index contributed by atoms with van der Waals surface area (Å²) in [5, 5.41) is 2.03. The van der Waals surface area contributed by atoms with Gasteiger partial charge in [-0.15, -0.1) is 11.3 Å². The fraction of sp³-hybridized carbons (Fsp3) is 0.625. The van der Waals surface area contributed by atoms with Crippen LogP contribution < -0.4 is 5.73 Å². The van der Waals surface area contributed by atoms with Gasteiger partial charge in [0.15, 0.2) is 5.54 Å². The van der Waals surface area contributed by atoms with Crippen LogP contribution in [0, 0.1) is 0 Å². The van der Waals surface area contributed by atoms with E-state index in [1.807, 2.05) is 6.92 Å². The molecular formula is C8H11F3N2S. The second-order valence-corrected chi connectivity index (χ2v) is 4.12. The Hall–Kier alpha value is -0.620. The molecule has 1 aromatic rings. The summed E-state index contributed by atoms with van der Waals surface area (Å²) in [6, 6.07) is 0. The molecular weight excluding hydrogens is 213 g/mol. The van der Waals surface area contributed by atoms with Gasteiger partial charge in [-0.3, -0.25) is 0 Å². The maximum Gasteiger partial charge on any atom is 0.411 e. The zero-order valence-corrected chi connectivity index (χ0v) is 8.67. The Kier molecular flexibility index (Phi) is 2.87. The fourth-order valence-electron chi connectivity index (χ4n) is 0.857. The highest BCUT2D eigenvalue weighted by Gasteiger charge is 2.50.